The number of halogens is 2. The number of hydrogen-bond donors (Lipinski definition) is 1. The molecule has 2 aliphatic rings. The second-order valence-corrected chi connectivity index (χ2v) is 7.12. The number of carbonyl (C=O) groups excluding carboxylic acids is 3. The molecule has 2 aromatic carbocycles. The van der Waals surface area contributed by atoms with Gasteiger partial charge in [0.15, 0.2) is 11.5 Å². The highest BCUT2D eigenvalue weighted by atomic mass is 35.5. The Kier molecular flexibility index (Phi) is 4.87. The van der Waals surface area contributed by atoms with Crippen molar-refractivity contribution in [2.45, 2.75) is 6.10 Å². The van der Waals surface area contributed by atoms with E-state index in [1.807, 2.05) is 12.1 Å². The number of nitrogens with one attached hydrogen (secondary N) is 1. The maximum atomic E-state index is 12.4. The number of carbonyl (C=O) groups is 3. The van der Waals surface area contributed by atoms with E-state index >= 15 is 0 Å². The zero-order valence-electron chi connectivity index (χ0n) is 14.4. The summed E-state index contributed by atoms with van der Waals surface area (Å²) >= 11 is 11.8. The lowest BCUT2D eigenvalue weighted by Crippen LogP contribution is -2.45. The quantitative estimate of drug-likeness (QED) is 0.768. The molecule has 28 heavy (non-hydrogen) atoms. The number of fused-ring (bicyclic) bond motifs is 2. The van der Waals surface area contributed by atoms with Gasteiger partial charge in [0.2, 0.25) is 5.91 Å². The van der Waals surface area contributed by atoms with E-state index in [0.717, 1.165) is 4.90 Å². The van der Waals surface area contributed by atoms with Gasteiger partial charge in [0.05, 0.1) is 27.7 Å². The minimum atomic E-state index is -0.583. The topological polar surface area (TPSA) is 84.9 Å². The van der Waals surface area contributed by atoms with Crippen LogP contribution in [0.15, 0.2) is 36.4 Å². The maximum Gasteiger partial charge on any atom is 0.262 e. The normalized spacial score (nSPS) is 17.5. The predicted molar refractivity (Wildman–Crippen MR) is 101 cm³/mol. The molecule has 0 saturated carbocycles. The Hall–Kier alpha value is -2.77. The number of benzene rings is 2. The first-order valence-electron chi connectivity index (χ1n) is 8.44. The SMILES string of the molecule is O=C(CN1C(=O)c2cc(Cl)c(Cl)cc2C1=O)NCC1COc2ccccc2O1. The molecule has 2 aromatic rings. The molecule has 1 atom stereocenters. The summed E-state index contributed by atoms with van der Waals surface area (Å²) in [6.45, 7) is 0.0427. The molecule has 7 nitrogen and oxygen atoms in total. The Bertz CT molecular complexity index is 953. The molecular formula is C19H14Cl2N2O5. The summed E-state index contributed by atoms with van der Waals surface area (Å²) in [5, 5.41) is 3.00. The molecule has 9 heteroatoms. The number of para-hydroxylation sites is 2. The Morgan fingerprint density at radius 2 is 1.68 bits per heavy atom. The van der Waals surface area contributed by atoms with Gasteiger partial charge in [-0.3, -0.25) is 19.3 Å². The average Bonchev–Trinajstić information content (AvgIpc) is 2.91. The van der Waals surface area contributed by atoms with Gasteiger partial charge in [0.1, 0.15) is 19.3 Å². The van der Waals surface area contributed by atoms with Gasteiger partial charge in [-0.15, -0.1) is 0 Å². The van der Waals surface area contributed by atoms with Crippen molar-refractivity contribution in [1.29, 1.82) is 0 Å². The number of ether oxygens (including phenoxy) is 2. The highest BCUT2D eigenvalue weighted by molar-refractivity contribution is 6.43. The zero-order valence-corrected chi connectivity index (χ0v) is 15.9. The molecule has 0 aromatic heterocycles. The van der Waals surface area contributed by atoms with Crippen LogP contribution in [-0.2, 0) is 4.79 Å². The third kappa shape index (κ3) is 3.39. The molecule has 0 aliphatic carbocycles. The van der Waals surface area contributed by atoms with E-state index in [4.69, 9.17) is 32.7 Å². The van der Waals surface area contributed by atoms with Gasteiger partial charge >= 0.3 is 0 Å². The molecule has 4 rings (SSSR count). The van der Waals surface area contributed by atoms with Crippen LogP contribution in [-0.4, -0.2) is 48.4 Å². The van der Waals surface area contributed by atoms with Crippen LogP contribution in [0, 0.1) is 0 Å². The standard InChI is InChI=1S/C19H14Cl2N2O5/c20-13-5-11-12(6-14(13)21)19(26)23(18(11)25)8-17(24)22-7-10-9-27-15-3-1-2-4-16(15)28-10/h1-6,10H,7-9H2,(H,22,24). The first-order valence-corrected chi connectivity index (χ1v) is 9.20. The van der Waals surface area contributed by atoms with E-state index in [1.165, 1.54) is 12.1 Å². The fraction of sp³-hybridized carbons (Fsp3) is 0.211. The molecule has 0 saturated heterocycles. The second kappa shape index (κ2) is 7.33. The second-order valence-electron chi connectivity index (χ2n) is 6.31. The van der Waals surface area contributed by atoms with Gasteiger partial charge in [-0.2, -0.15) is 0 Å². The third-order valence-corrected chi connectivity index (χ3v) is 5.13. The van der Waals surface area contributed by atoms with E-state index in [1.54, 1.807) is 12.1 Å². The van der Waals surface area contributed by atoms with Crippen molar-refractivity contribution >= 4 is 40.9 Å². The van der Waals surface area contributed by atoms with Gasteiger partial charge < -0.3 is 14.8 Å². The van der Waals surface area contributed by atoms with Gasteiger partial charge in [-0.1, -0.05) is 35.3 Å². The first kappa shape index (κ1) is 18.6. The van der Waals surface area contributed by atoms with E-state index in [-0.39, 0.29) is 40.4 Å². The van der Waals surface area contributed by atoms with Gasteiger partial charge in [-0.25, -0.2) is 0 Å². The molecule has 2 heterocycles. The Morgan fingerprint density at radius 1 is 1.07 bits per heavy atom. The zero-order chi connectivity index (χ0) is 19.8. The lowest BCUT2D eigenvalue weighted by Gasteiger charge is -2.26. The summed E-state index contributed by atoms with van der Waals surface area (Å²) in [5.74, 6) is -0.413. The molecule has 144 valence electrons. The maximum absolute atomic E-state index is 12.4. The Morgan fingerprint density at radius 3 is 2.32 bits per heavy atom. The highest BCUT2D eigenvalue weighted by Crippen LogP contribution is 2.32. The molecule has 3 amide bonds. The number of rotatable bonds is 4. The van der Waals surface area contributed by atoms with E-state index in [2.05, 4.69) is 5.32 Å². The Labute approximate surface area is 170 Å². The van der Waals surface area contributed by atoms with Gasteiger partial charge in [-0.05, 0) is 24.3 Å². The van der Waals surface area contributed by atoms with Gasteiger partial charge in [0.25, 0.3) is 11.8 Å². The molecule has 0 fully saturated rings. The highest BCUT2D eigenvalue weighted by Gasteiger charge is 2.37. The van der Waals surface area contributed by atoms with Crippen LogP contribution in [0.5, 0.6) is 11.5 Å². The molecule has 0 spiro atoms. The van der Waals surface area contributed by atoms with Crippen LogP contribution in [0.3, 0.4) is 0 Å². The summed E-state index contributed by atoms with van der Waals surface area (Å²) in [6.07, 6.45) is -0.376. The van der Waals surface area contributed by atoms with Crippen molar-refractivity contribution in [3.8, 4) is 11.5 Å². The van der Waals surface area contributed by atoms with Crippen molar-refractivity contribution in [3.05, 3.63) is 57.6 Å². The number of nitrogens with zero attached hydrogens (tertiary/aromatic N) is 1. The number of amides is 3. The minimum Gasteiger partial charge on any atom is -0.486 e. The summed E-state index contributed by atoms with van der Waals surface area (Å²) < 4.78 is 11.3. The van der Waals surface area contributed by atoms with Crippen LogP contribution < -0.4 is 14.8 Å². The molecular weight excluding hydrogens is 407 g/mol. The van der Waals surface area contributed by atoms with Crippen molar-refractivity contribution in [1.82, 2.24) is 10.2 Å². The van der Waals surface area contributed by atoms with Crippen LogP contribution in [0.25, 0.3) is 0 Å². The van der Waals surface area contributed by atoms with Crippen LogP contribution >= 0.6 is 23.2 Å². The summed E-state index contributed by atoms with van der Waals surface area (Å²) in [5.41, 5.74) is 0.264. The monoisotopic (exact) mass is 420 g/mol. The third-order valence-electron chi connectivity index (χ3n) is 4.41. The molecule has 0 bridgehead atoms. The van der Waals surface area contributed by atoms with Crippen molar-refractivity contribution in [2.24, 2.45) is 0 Å². The van der Waals surface area contributed by atoms with Crippen LogP contribution in [0.1, 0.15) is 20.7 Å². The lowest BCUT2D eigenvalue weighted by molar-refractivity contribution is -0.121. The van der Waals surface area contributed by atoms with Crippen LogP contribution in [0.2, 0.25) is 10.0 Å². The largest absolute Gasteiger partial charge is 0.486 e. The minimum absolute atomic E-state index is 0.132. The van der Waals surface area contributed by atoms with Gasteiger partial charge in [0, 0.05) is 0 Å². The fourth-order valence-electron chi connectivity index (χ4n) is 3.02. The van der Waals surface area contributed by atoms with E-state index in [9.17, 15) is 14.4 Å². The van der Waals surface area contributed by atoms with Crippen molar-refractivity contribution < 1.29 is 23.9 Å². The lowest BCUT2D eigenvalue weighted by atomic mass is 10.1. The van der Waals surface area contributed by atoms with E-state index < -0.39 is 24.3 Å². The fourth-order valence-corrected chi connectivity index (χ4v) is 3.35. The molecule has 1 unspecified atom stereocenters. The Balaban J connectivity index is 1.36. The number of hydrogen-bond acceptors (Lipinski definition) is 5. The smallest absolute Gasteiger partial charge is 0.262 e. The first-order chi connectivity index (χ1) is 13.4. The number of imide groups is 1. The van der Waals surface area contributed by atoms with E-state index in [0.29, 0.717) is 11.5 Å². The molecule has 0 radical (unpaired) electrons. The van der Waals surface area contributed by atoms with Crippen molar-refractivity contribution in [2.75, 3.05) is 19.7 Å². The summed E-state index contributed by atoms with van der Waals surface area (Å²) in [7, 11) is 0. The molecule has 1 N–H and O–H groups in total. The van der Waals surface area contributed by atoms with Crippen molar-refractivity contribution in [3.63, 3.8) is 0 Å². The molecule has 2 aliphatic heterocycles. The van der Waals surface area contributed by atoms with Crippen LogP contribution in [0.4, 0.5) is 0 Å². The average molecular weight is 421 g/mol. The summed E-state index contributed by atoms with van der Waals surface area (Å²) in [6, 6.07) is 9.91. The summed E-state index contributed by atoms with van der Waals surface area (Å²) in [4.78, 5) is 38.0. The predicted octanol–water partition coefficient (Wildman–Crippen LogP) is 2.55.